The molecule has 0 bridgehead atoms. The number of hydrogen-bond donors (Lipinski definition) is 4. The smallest absolute Gasteiger partial charge is 0.226 e. The number of H-pyrrole nitrogens is 2. The molecule has 6 rings (SSSR count). The van der Waals surface area contributed by atoms with Gasteiger partial charge in [0.25, 0.3) is 0 Å². The molecular formula is C31H31FN10O. The minimum atomic E-state index is -0.349. The first-order valence-corrected chi connectivity index (χ1v) is 13.9. The van der Waals surface area contributed by atoms with Crippen LogP contribution in [-0.2, 0) is 4.79 Å². The van der Waals surface area contributed by atoms with Gasteiger partial charge >= 0.3 is 0 Å². The van der Waals surface area contributed by atoms with Crippen LogP contribution in [-0.4, -0.2) is 73.1 Å². The van der Waals surface area contributed by atoms with E-state index in [0.717, 1.165) is 23.1 Å². The highest BCUT2D eigenvalue weighted by Gasteiger charge is 2.17. The molecule has 4 N–H and O–H groups in total. The zero-order valence-corrected chi connectivity index (χ0v) is 24.2. The first-order valence-electron chi connectivity index (χ1n) is 13.9. The normalized spacial score (nSPS) is 11.6. The summed E-state index contributed by atoms with van der Waals surface area (Å²) < 4.78 is 14.7. The lowest BCUT2D eigenvalue weighted by Gasteiger charge is -2.12. The number of carbonyl (C=O) groups is 1. The Morgan fingerprint density at radius 3 is 2.56 bits per heavy atom. The summed E-state index contributed by atoms with van der Waals surface area (Å²) in [6, 6.07) is 8.68. The molecule has 0 saturated carbocycles. The predicted octanol–water partition coefficient (Wildman–Crippen LogP) is 5.33. The highest BCUT2D eigenvalue weighted by molar-refractivity contribution is 5.97. The third kappa shape index (κ3) is 5.90. The Bertz CT molecular complexity index is 1940. The standard InChI is InChI=1S/C31H31FN10O/c1-17(2)31(43)37-23-9-19(12-33-14-23)20-10-24-28(40-41-29(24)36-13-20)30-38-26-16-34-15-25(27(26)39-30)18-7-21(32)11-22(8-18)35-5-6-42(3)4/h7-17,35H,5-6H2,1-4H3,(H,37,43)(H,38,39)(H,36,40,41). The molecule has 1 amide bonds. The van der Waals surface area contributed by atoms with Crippen LogP contribution in [0, 0.1) is 11.7 Å². The third-order valence-corrected chi connectivity index (χ3v) is 7.00. The molecule has 218 valence electrons. The van der Waals surface area contributed by atoms with Crippen molar-refractivity contribution in [3.8, 4) is 33.8 Å². The van der Waals surface area contributed by atoms with E-state index >= 15 is 0 Å². The van der Waals surface area contributed by atoms with Crippen molar-refractivity contribution in [3.63, 3.8) is 0 Å². The minimum absolute atomic E-state index is 0.0848. The fourth-order valence-corrected chi connectivity index (χ4v) is 4.72. The van der Waals surface area contributed by atoms with Crippen LogP contribution in [0.2, 0.25) is 0 Å². The Labute approximate surface area is 247 Å². The number of aromatic amines is 2. The lowest BCUT2D eigenvalue weighted by molar-refractivity contribution is -0.118. The molecule has 0 aliphatic heterocycles. The van der Waals surface area contributed by atoms with Gasteiger partial charge < -0.3 is 20.5 Å². The largest absolute Gasteiger partial charge is 0.384 e. The molecule has 0 radical (unpaired) electrons. The predicted molar refractivity (Wildman–Crippen MR) is 166 cm³/mol. The number of nitrogens with zero attached hydrogens (tertiary/aromatic N) is 6. The maximum atomic E-state index is 14.7. The summed E-state index contributed by atoms with van der Waals surface area (Å²) in [6.07, 6.45) is 8.42. The second kappa shape index (κ2) is 11.6. The first-order chi connectivity index (χ1) is 20.7. The summed E-state index contributed by atoms with van der Waals surface area (Å²) in [5, 5.41) is 14.4. The second-order valence-electron chi connectivity index (χ2n) is 10.9. The van der Waals surface area contributed by atoms with Gasteiger partial charge in [0.1, 0.15) is 11.5 Å². The van der Waals surface area contributed by atoms with Gasteiger partial charge in [-0.2, -0.15) is 5.10 Å². The van der Waals surface area contributed by atoms with E-state index in [1.54, 1.807) is 31.0 Å². The van der Waals surface area contributed by atoms with E-state index in [4.69, 9.17) is 4.98 Å². The van der Waals surface area contributed by atoms with Gasteiger partial charge in [0.2, 0.25) is 5.91 Å². The van der Waals surface area contributed by atoms with Crippen molar-refractivity contribution in [2.45, 2.75) is 13.8 Å². The van der Waals surface area contributed by atoms with Crippen molar-refractivity contribution in [2.75, 3.05) is 37.8 Å². The summed E-state index contributed by atoms with van der Waals surface area (Å²) in [5.41, 5.74) is 6.77. The van der Waals surface area contributed by atoms with Crippen LogP contribution in [0.15, 0.2) is 61.3 Å². The monoisotopic (exact) mass is 578 g/mol. The van der Waals surface area contributed by atoms with E-state index in [2.05, 4.69) is 45.7 Å². The number of fused-ring (bicyclic) bond motifs is 2. The van der Waals surface area contributed by atoms with Crippen molar-refractivity contribution in [1.29, 1.82) is 0 Å². The summed E-state index contributed by atoms with van der Waals surface area (Å²) in [6.45, 7) is 5.17. The van der Waals surface area contributed by atoms with Crippen LogP contribution in [0.25, 0.3) is 55.8 Å². The Hall–Kier alpha value is -5.23. The fraction of sp³-hybridized carbons (Fsp3) is 0.226. The number of pyridine rings is 3. The zero-order valence-electron chi connectivity index (χ0n) is 24.2. The molecule has 0 aliphatic rings. The highest BCUT2D eigenvalue weighted by Crippen LogP contribution is 2.33. The molecule has 0 spiro atoms. The van der Waals surface area contributed by atoms with E-state index in [1.807, 2.05) is 46.1 Å². The van der Waals surface area contributed by atoms with Crippen LogP contribution < -0.4 is 10.6 Å². The Morgan fingerprint density at radius 1 is 0.953 bits per heavy atom. The maximum Gasteiger partial charge on any atom is 0.226 e. The van der Waals surface area contributed by atoms with Crippen molar-refractivity contribution in [1.82, 2.24) is 40.0 Å². The van der Waals surface area contributed by atoms with Gasteiger partial charge in [0, 0.05) is 60.0 Å². The van der Waals surface area contributed by atoms with Crippen LogP contribution in [0.3, 0.4) is 0 Å². The molecule has 0 aliphatic carbocycles. The molecule has 0 saturated heterocycles. The Balaban J connectivity index is 1.36. The SMILES string of the molecule is CC(C)C(=O)Nc1cncc(-c2cnc3n[nH]c(-c4nc5c(-c6cc(F)cc(NCCN(C)C)c6)cncc5[nH]4)c3c2)c1. The minimum Gasteiger partial charge on any atom is -0.384 e. The van der Waals surface area contributed by atoms with E-state index in [0.29, 0.717) is 57.2 Å². The molecule has 6 aromatic rings. The number of likely N-dealkylation sites (N-methyl/N-ethyl adjacent to an activating group) is 1. The van der Waals surface area contributed by atoms with Gasteiger partial charge in [0.05, 0.1) is 34.5 Å². The molecule has 0 fully saturated rings. The molecule has 1 aromatic carbocycles. The number of nitrogens with one attached hydrogen (secondary N) is 4. The zero-order chi connectivity index (χ0) is 30.1. The fourth-order valence-electron chi connectivity index (χ4n) is 4.72. The summed E-state index contributed by atoms with van der Waals surface area (Å²) >= 11 is 0. The molecule has 0 atom stereocenters. The number of halogens is 1. The van der Waals surface area contributed by atoms with Gasteiger partial charge in [-0.15, -0.1) is 0 Å². The Kier molecular flexibility index (Phi) is 7.51. The van der Waals surface area contributed by atoms with Gasteiger partial charge in [-0.25, -0.2) is 14.4 Å². The molecular weight excluding hydrogens is 547 g/mol. The third-order valence-electron chi connectivity index (χ3n) is 7.00. The summed E-state index contributed by atoms with van der Waals surface area (Å²) in [5.74, 6) is -0.0403. The summed E-state index contributed by atoms with van der Waals surface area (Å²) in [7, 11) is 3.98. The average Bonchev–Trinajstić information content (AvgIpc) is 3.60. The molecule has 0 unspecified atom stereocenters. The van der Waals surface area contributed by atoms with E-state index in [-0.39, 0.29) is 17.6 Å². The molecule has 5 heterocycles. The quantitative estimate of drug-likeness (QED) is 0.180. The highest BCUT2D eigenvalue weighted by atomic mass is 19.1. The van der Waals surface area contributed by atoms with Crippen molar-refractivity contribution < 1.29 is 9.18 Å². The number of amides is 1. The molecule has 12 heteroatoms. The van der Waals surface area contributed by atoms with Gasteiger partial charge in [-0.1, -0.05) is 13.8 Å². The van der Waals surface area contributed by atoms with Gasteiger partial charge in [-0.3, -0.25) is 19.9 Å². The molecule has 43 heavy (non-hydrogen) atoms. The van der Waals surface area contributed by atoms with Crippen molar-refractivity contribution >= 4 is 39.3 Å². The van der Waals surface area contributed by atoms with Gasteiger partial charge in [-0.05, 0) is 50.0 Å². The number of rotatable bonds is 9. The number of anilines is 2. The lowest BCUT2D eigenvalue weighted by Crippen LogP contribution is -2.20. The molecule has 11 nitrogen and oxygen atoms in total. The van der Waals surface area contributed by atoms with E-state index in [9.17, 15) is 9.18 Å². The van der Waals surface area contributed by atoms with Crippen LogP contribution in [0.4, 0.5) is 15.8 Å². The number of carbonyl (C=O) groups excluding carboxylic acids is 1. The average molecular weight is 579 g/mol. The van der Waals surface area contributed by atoms with Crippen molar-refractivity contribution in [3.05, 3.63) is 67.1 Å². The number of benzene rings is 1. The topological polar surface area (TPSA) is 140 Å². The lowest BCUT2D eigenvalue weighted by atomic mass is 10.1. The van der Waals surface area contributed by atoms with E-state index < -0.39 is 0 Å². The van der Waals surface area contributed by atoms with Crippen molar-refractivity contribution in [2.24, 2.45) is 5.92 Å². The number of imidazole rings is 1. The van der Waals surface area contributed by atoms with Crippen LogP contribution in [0.1, 0.15) is 13.8 Å². The Morgan fingerprint density at radius 2 is 1.74 bits per heavy atom. The molecule has 5 aromatic heterocycles. The second-order valence-corrected chi connectivity index (χ2v) is 10.9. The number of aromatic nitrogens is 7. The van der Waals surface area contributed by atoms with Crippen LogP contribution >= 0.6 is 0 Å². The first kappa shape index (κ1) is 27.9. The number of hydrogen-bond acceptors (Lipinski definition) is 8. The summed E-state index contributed by atoms with van der Waals surface area (Å²) in [4.78, 5) is 35.7. The maximum absolute atomic E-state index is 14.7. The van der Waals surface area contributed by atoms with Crippen LogP contribution in [0.5, 0.6) is 0 Å². The van der Waals surface area contributed by atoms with E-state index in [1.165, 1.54) is 12.1 Å². The van der Waals surface area contributed by atoms with Gasteiger partial charge in [0.15, 0.2) is 11.5 Å².